The van der Waals surface area contributed by atoms with Crippen LogP contribution in [-0.2, 0) is 0 Å². The van der Waals surface area contributed by atoms with E-state index in [1.807, 2.05) is 0 Å². The maximum absolute atomic E-state index is 11.9. The first-order valence-electron chi connectivity index (χ1n) is 5.11. The molecule has 0 aromatic carbocycles. The van der Waals surface area contributed by atoms with E-state index in [1.54, 1.807) is 10.8 Å². The minimum absolute atomic E-state index is 0.296. The number of carbonyl (C=O) groups is 1. The lowest BCUT2D eigenvalue weighted by atomic mass is 10.3. The third-order valence-electron chi connectivity index (χ3n) is 2.46. The summed E-state index contributed by atoms with van der Waals surface area (Å²) in [5, 5.41) is 2.17. The molecule has 1 aromatic heterocycles. The molecule has 0 spiro atoms. The number of nitrogens with two attached hydrogens (primary N) is 1. The lowest BCUT2D eigenvalue weighted by Crippen LogP contribution is -2.30. The van der Waals surface area contributed by atoms with Crippen LogP contribution in [0.4, 0.5) is 14.5 Å². The highest BCUT2D eigenvalue weighted by Gasteiger charge is 2.27. The largest absolute Gasteiger partial charge is 0.397 e. The van der Waals surface area contributed by atoms with Crippen molar-refractivity contribution in [1.82, 2.24) is 9.88 Å². The van der Waals surface area contributed by atoms with Crippen LogP contribution in [0.25, 0.3) is 0 Å². The van der Waals surface area contributed by atoms with Crippen molar-refractivity contribution in [3.05, 3.63) is 18.0 Å². The van der Waals surface area contributed by atoms with Crippen LogP contribution in [0.1, 0.15) is 29.4 Å². The van der Waals surface area contributed by atoms with Crippen LogP contribution >= 0.6 is 0 Å². The summed E-state index contributed by atoms with van der Waals surface area (Å²) in [5.74, 6) is -0.496. The molecule has 1 fully saturated rings. The van der Waals surface area contributed by atoms with Crippen molar-refractivity contribution in [1.29, 1.82) is 0 Å². The Bertz CT molecular complexity index is 399. The molecule has 1 aliphatic carbocycles. The number of alkyl halides is 2. The Morgan fingerprint density at radius 2 is 2.31 bits per heavy atom. The molecule has 0 saturated heterocycles. The summed E-state index contributed by atoms with van der Waals surface area (Å²) in [6.45, 7) is -0.630. The van der Waals surface area contributed by atoms with Crippen LogP contribution in [0, 0.1) is 0 Å². The molecular weight excluding hydrogens is 216 g/mol. The number of hydrogen-bond donors (Lipinski definition) is 2. The van der Waals surface area contributed by atoms with Gasteiger partial charge in [0.25, 0.3) is 12.3 Å². The molecule has 0 atom stereocenters. The Morgan fingerprint density at radius 3 is 2.88 bits per heavy atom. The van der Waals surface area contributed by atoms with Crippen molar-refractivity contribution in [2.75, 3.05) is 12.3 Å². The maximum Gasteiger partial charge on any atom is 0.268 e. The second-order valence-corrected chi connectivity index (χ2v) is 3.90. The normalized spacial score (nSPS) is 15.4. The van der Waals surface area contributed by atoms with Gasteiger partial charge in [-0.25, -0.2) is 8.78 Å². The van der Waals surface area contributed by atoms with Gasteiger partial charge >= 0.3 is 0 Å². The topological polar surface area (TPSA) is 60.1 Å². The zero-order valence-electron chi connectivity index (χ0n) is 8.62. The first-order chi connectivity index (χ1) is 7.58. The first-order valence-corrected chi connectivity index (χ1v) is 5.11. The molecule has 1 aromatic rings. The van der Waals surface area contributed by atoms with Crippen molar-refractivity contribution in [3.63, 3.8) is 0 Å². The monoisotopic (exact) mass is 229 g/mol. The zero-order valence-corrected chi connectivity index (χ0v) is 8.62. The number of carbonyl (C=O) groups excluding carboxylic acids is 1. The molecule has 1 heterocycles. The number of hydrogen-bond acceptors (Lipinski definition) is 2. The van der Waals surface area contributed by atoms with Gasteiger partial charge in [-0.1, -0.05) is 0 Å². The molecule has 1 aliphatic rings. The lowest BCUT2D eigenvalue weighted by molar-refractivity contribution is 0.0882. The summed E-state index contributed by atoms with van der Waals surface area (Å²) in [6, 6.07) is 1.81. The number of nitrogens with zero attached hydrogens (tertiary/aromatic N) is 1. The maximum atomic E-state index is 11.9. The number of amides is 1. The van der Waals surface area contributed by atoms with E-state index in [0.29, 0.717) is 17.4 Å². The van der Waals surface area contributed by atoms with E-state index < -0.39 is 18.9 Å². The van der Waals surface area contributed by atoms with Crippen LogP contribution in [0.3, 0.4) is 0 Å². The number of anilines is 1. The molecule has 88 valence electrons. The fourth-order valence-corrected chi connectivity index (χ4v) is 1.60. The highest BCUT2D eigenvalue weighted by Crippen LogP contribution is 2.37. The van der Waals surface area contributed by atoms with Gasteiger partial charge in [-0.15, -0.1) is 0 Å². The van der Waals surface area contributed by atoms with Crippen molar-refractivity contribution >= 4 is 11.6 Å². The fraction of sp³-hybridized carbons (Fsp3) is 0.500. The molecule has 0 bridgehead atoms. The smallest absolute Gasteiger partial charge is 0.268 e. The number of nitrogens with one attached hydrogen (secondary N) is 1. The number of halogens is 2. The third kappa shape index (κ3) is 2.32. The van der Waals surface area contributed by atoms with Crippen LogP contribution in [-0.4, -0.2) is 23.4 Å². The predicted molar refractivity (Wildman–Crippen MR) is 55.5 cm³/mol. The molecule has 16 heavy (non-hydrogen) atoms. The minimum Gasteiger partial charge on any atom is -0.397 e. The summed E-state index contributed by atoms with van der Waals surface area (Å²) < 4.78 is 25.6. The van der Waals surface area contributed by atoms with E-state index in [0.717, 1.165) is 12.8 Å². The Morgan fingerprint density at radius 1 is 1.62 bits per heavy atom. The Balaban J connectivity index is 2.09. The zero-order chi connectivity index (χ0) is 11.7. The molecule has 1 saturated carbocycles. The van der Waals surface area contributed by atoms with Crippen LogP contribution in [0.5, 0.6) is 0 Å². The van der Waals surface area contributed by atoms with Crippen molar-refractivity contribution in [2.24, 2.45) is 0 Å². The van der Waals surface area contributed by atoms with E-state index in [1.165, 1.54) is 6.07 Å². The summed E-state index contributed by atoms with van der Waals surface area (Å²) in [6.07, 6.45) is 1.15. The Kier molecular flexibility index (Phi) is 2.80. The van der Waals surface area contributed by atoms with E-state index in [-0.39, 0.29) is 0 Å². The highest BCUT2D eigenvalue weighted by atomic mass is 19.3. The second kappa shape index (κ2) is 4.11. The fourth-order valence-electron chi connectivity index (χ4n) is 1.60. The Hall–Kier alpha value is -1.59. The average molecular weight is 229 g/mol. The average Bonchev–Trinajstić information content (AvgIpc) is 2.98. The molecule has 0 unspecified atom stereocenters. The van der Waals surface area contributed by atoms with Gasteiger partial charge in [0.15, 0.2) is 0 Å². The van der Waals surface area contributed by atoms with Gasteiger partial charge in [-0.3, -0.25) is 4.79 Å². The number of rotatable bonds is 4. The van der Waals surface area contributed by atoms with Crippen molar-refractivity contribution < 1.29 is 13.6 Å². The molecule has 1 amide bonds. The molecule has 0 aliphatic heterocycles. The second-order valence-electron chi connectivity index (χ2n) is 3.90. The van der Waals surface area contributed by atoms with Crippen molar-refractivity contribution in [3.8, 4) is 0 Å². The number of nitrogen functional groups attached to an aromatic ring is 1. The summed E-state index contributed by atoms with van der Waals surface area (Å²) >= 11 is 0. The quantitative estimate of drug-likeness (QED) is 0.819. The summed E-state index contributed by atoms with van der Waals surface area (Å²) in [7, 11) is 0. The minimum atomic E-state index is -2.54. The van der Waals surface area contributed by atoms with Crippen LogP contribution < -0.4 is 11.1 Å². The van der Waals surface area contributed by atoms with Gasteiger partial charge in [0.2, 0.25) is 0 Å². The molecule has 0 radical (unpaired) electrons. The van der Waals surface area contributed by atoms with E-state index in [9.17, 15) is 13.6 Å². The third-order valence-corrected chi connectivity index (χ3v) is 2.46. The lowest BCUT2D eigenvalue weighted by Gasteiger charge is -2.07. The van der Waals surface area contributed by atoms with Crippen molar-refractivity contribution in [2.45, 2.75) is 25.3 Å². The summed E-state index contributed by atoms with van der Waals surface area (Å²) in [5.41, 5.74) is 6.43. The predicted octanol–water partition coefficient (Wildman–Crippen LogP) is 1.40. The van der Waals surface area contributed by atoms with Gasteiger partial charge in [-0.2, -0.15) is 0 Å². The van der Waals surface area contributed by atoms with E-state index in [2.05, 4.69) is 5.32 Å². The van der Waals surface area contributed by atoms with Crippen LogP contribution in [0.15, 0.2) is 12.3 Å². The molecular formula is C10H13F2N3O. The molecule has 4 nitrogen and oxygen atoms in total. The molecule has 3 N–H and O–H groups in total. The van der Waals surface area contributed by atoms with E-state index >= 15 is 0 Å². The van der Waals surface area contributed by atoms with Gasteiger partial charge in [0.05, 0.1) is 12.2 Å². The SMILES string of the molecule is Nc1cc(C(=O)NCC(F)F)n(C2CC2)c1. The summed E-state index contributed by atoms with van der Waals surface area (Å²) in [4.78, 5) is 11.6. The van der Waals surface area contributed by atoms with Crippen LogP contribution in [0.2, 0.25) is 0 Å². The highest BCUT2D eigenvalue weighted by molar-refractivity contribution is 5.93. The molecule has 6 heteroatoms. The van der Waals surface area contributed by atoms with Gasteiger partial charge in [0.1, 0.15) is 5.69 Å². The standard InChI is InChI=1S/C10H13F2N3O/c11-9(12)4-14-10(16)8-3-6(13)5-15(8)7-1-2-7/h3,5,7,9H,1-2,4,13H2,(H,14,16). The van der Waals surface area contributed by atoms with E-state index in [4.69, 9.17) is 5.73 Å². The first kappa shape index (κ1) is 10.9. The van der Waals surface area contributed by atoms with Gasteiger partial charge < -0.3 is 15.6 Å². The number of aromatic nitrogens is 1. The van der Waals surface area contributed by atoms with Gasteiger partial charge in [0, 0.05) is 12.2 Å². The molecule has 2 rings (SSSR count). The van der Waals surface area contributed by atoms with Gasteiger partial charge in [-0.05, 0) is 18.9 Å². The Labute approximate surface area is 91.4 Å².